The molecule has 0 atom stereocenters. The van der Waals surface area contributed by atoms with Crippen LogP contribution in [0, 0.1) is 5.82 Å². The molecule has 0 unspecified atom stereocenters. The molecule has 41 heavy (non-hydrogen) atoms. The summed E-state index contributed by atoms with van der Waals surface area (Å²) < 4.78 is 72.0. The summed E-state index contributed by atoms with van der Waals surface area (Å²) in [4.78, 5) is 34.6. The quantitative estimate of drug-likeness (QED) is 0.306. The van der Waals surface area contributed by atoms with Gasteiger partial charge >= 0.3 is 12.1 Å². The van der Waals surface area contributed by atoms with Crippen molar-refractivity contribution in [2.24, 2.45) is 0 Å². The van der Waals surface area contributed by atoms with Crippen LogP contribution in [0.25, 0.3) is 0 Å². The smallest absolute Gasteiger partial charge is 0.423 e. The number of carbonyl (C=O) groups is 2. The second kappa shape index (κ2) is 11.2. The third-order valence-electron chi connectivity index (χ3n) is 6.78. The summed E-state index contributed by atoms with van der Waals surface area (Å²) >= 11 is 0. The predicted octanol–water partition coefficient (Wildman–Crippen LogP) is 4.67. The van der Waals surface area contributed by atoms with E-state index in [0.29, 0.717) is 11.8 Å². The van der Waals surface area contributed by atoms with Crippen LogP contribution in [0.15, 0.2) is 36.5 Å². The lowest BCUT2D eigenvalue weighted by atomic mass is 10.0. The molecule has 1 saturated heterocycles. The first kappa shape index (κ1) is 28.1. The molecule has 3 aromatic rings. The molecule has 2 aliphatic heterocycles. The van der Waals surface area contributed by atoms with Gasteiger partial charge in [0, 0.05) is 23.9 Å². The average Bonchev–Trinajstić information content (AvgIpc) is 3.31. The first-order chi connectivity index (χ1) is 19.5. The van der Waals surface area contributed by atoms with E-state index in [2.05, 4.69) is 25.5 Å². The summed E-state index contributed by atoms with van der Waals surface area (Å²) in [7, 11) is 3.27. The highest BCUT2D eigenvalue weighted by atomic mass is 19.4. The maximum Gasteiger partial charge on any atom is 0.423 e. The Morgan fingerprint density at radius 2 is 1.93 bits per heavy atom. The minimum Gasteiger partial charge on any atom is -0.495 e. The molecular weight excluding hydrogens is 550 g/mol. The van der Waals surface area contributed by atoms with Crippen LogP contribution in [0.1, 0.15) is 44.7 Å². The maximum atomic E-state index is 15.1. The van der Waals surface area contributed by atoms with Crippen molar-refractivity contribution >= 4 is 23.5 Å². The predicted molar refractivity (Wildman–Crippen MR) is 137 cm³/mol. The number of piperidine rings is 1. The Bertz CT molecular complexity index is 1490. The molecule has 0 radical (unpaired) electrons. The highest BCUT2D eigenvalue weighted by molar-refractivity contribution is 5.97. The molecule has 3 heterocycles. The molecule has 0 spiro atoms. The standard InChI is InChI=1S/C27H25F4N5O5/c1-36-8-6-15(7-9-36)33-23(37)16-10-21(39-2)19(11-18(16)28)34-26-32-12-17(27(29,30)31)24(35-26)41-20-5-3-4-14-13-40-25(38)22(14)20/h3-5,10-12,15H,6-9,13H2,1-2H3,(H,33,37)(H,32,34,35). The van der Waals surface area contributed by atoms with E-state index in [9.17, 15) is 22.8 Å². The van der Waals surface area contributed by atoms with Crippen LogP contribution in [0.5, 0.6) is 17.4 Å². The van der Waals surface area contributed by atoms with Crippen molar-refractivity contribution in [3.63, 3.8) is 0 Å². The van der Waals surface area contributed by atoms with Crippen molar-refractivity contribution in [3.05, 3.63) is 64.6 Å². The molecule has 10 nitrogen and oxygen atoms in total. The number of anilines is 2. The summed E-state index contributed by atoms with van der Waals surface area (Å²) in [5.74, 6) is -3.67. The number of fused-ring (bicyclic) bond motifs is 1. The van der Waals surface area contributed by atoms with Gasteiger partial charge in [-0.15, -0.1) is 0 Å². The number of hydrogen-bond acceptors (Lipinski definition) is 9. The Morgan fingerprint density at radius 3 is 2.63 bits per heavy atom. The number of likely N-dealkylation sites (tertiary alicyclic amines) is 1. The van der Waals surface area contributed by atoms with Crippen molar-refractivity contribution < 1.29 is 41.4 Å². The molecular formula is C27H25F4N5O5. The fourth-order valence-electron chi connectivity index (χ4n) is 4.56. The largest absolute Gasteiger partial charge is 0.495 e. The molecule has 1 amide bonds. The van der Waals surface area contributed by atoms with Crippen LogP contribution in [-0.4, -0.2) is 60.0 Å². The van der Waals surface area contributed by atoms with Crippen molar-refractivity contribution in [2.45, 2.75) is 31.7 Å². The SMILES string of the molecule is COc1cc(C(=O)NC2CCN(C)CC2)c(F)cc1Nc1ncc(C(F)(F)F)c(Oc2cccc3c2C(=O)OC3)n1. The van der Waals surface area contributed by atoms with E-state index in [4.69, 9.17) is 14.2 Å². The van der Waals surface area contributed by atoms with Crippen LogP contribution in [0.3, 0.4) is 0 Å². The van der Waals surface area contributed by atoms with Crippen LogP contribution >= 0.6 is 0 Å². The second-order valence-electron chi connectivity index (χ2n) is 9.59. The number of alkyl halides is 3. The Balaban J connectivity index is 1.42. The van der Waals surface area contributed by atoms with Crippen LogP contribution in [0.4, 0.5) is 29.2 Å². The Kier molecular flexibility index (Phi) is 7.67. The number of methoxy groups -OCH3 is 1. The third-order valence-corrected chi connectivity index (χ3v) is 6.78. The molecule has 216 valence electrons. The zero-order valence-electron chi connectivity index (χ0n) is 22.0. The zero-order valence-corrected chi connectivity index (χ0v) is 22.0. The lowest BCUT2D eigenvalue weighted by Crippen LogP contribution is -2.43. The molecule has 2 N–H and O–H groups in total. The number of aromatic nitrogens is 2. The van der Waals surface area contributed by atoms with E-state index < -0.39 is 35.3 Å². The molecule has 0 aliphatic carbocycles. The minimum absolute atomic E-state index is 0.00778. The van der Waals surface area contributed by atoms with Crippen LogP contribution in [0.2, 0.25) is 0 Å². The lowest BCUT2D eigenvalue weighted by Gasteiger charge is -2.29. The van der Waals surface area contributed by atoms with Crippen molar-refractivity contribution in [1.82, 2.24) is 20.2 Å². The van der Waals surface area contributed by atoms with E-state index in [-0.39, 0.29) is 46.9 Å². The van der Waals surface area contributed by atoms with Gasteiger partial charge in [0.1, 0.15) is 35.1 Å². The van der Waals surface area contributed by atoms with E-state index in [1.807, 2.05) is 7.05 Å². The molecule has 0 bridgehead atoms. The second-order valence-corrected chi connectivity index (χ2v) is 9.59. The van der Waals surface area contributed by atoms with E-state index in [0.717, 1.165) is 32.0 Å². The van der Waals surface area contributed by atoms with E-state index >= 15 is 4.39 Å². The fourth-order valence-corrected chi connectivity index (χ4v) is 4.56. The number of ether oxygens (including phenoxy) is 3. The minimum atomic E-state index is -4.89. The number of halogens is 4. The molecule has 0 saturated carbocycles. The first-order valence-electron chi connectivity index (χ1n) is 12.6. The summed E-state index contributed by atoms with van der Waals surface area (Å²) in [6.45, 7) is 1.57. The van der Waals surface area contributed by atoms with Crippen molar-refractivity contribution in [2.75, 3.05) is 32.6 Å². The Labute approximate surface area is 231 Å². The van der Waals surface area contributed by atoms with Crippen LogP contribution in [-0.2, 0) is 17.5 Å². The number of rotatable bonds is 7. The molecule has 1 aromatic heterocycles. The normalized spacial score (nSPS) is 15.7. The molecule has 5 rings (SSSR count). The number of nitrogens with zero attached hydrogens (tertiary/aromatic N) is 3. The van der Waals surface area contributed by atoms with Gasteiger partial charge in [-0.1, -0.05) is 12.1 Å². The number of benzene rings is 2. The van der Waals surface area contributed by atoms with Gasteiger partial charge in [0.05, 0.1) is 18.4 Å². The van der Waals surface area contributed by atoms with Gasteiger partial charge in [-0.2, -0.15) is 18.2 Å². The summed E-state index contributed by atoms with van der Waals surface area (Å²) in [6, 6.07) is 6.44. The Morgan fingerprint density at radius 1 is 1.17 bits per heavy atom. The molecule has 14 heteroatoms. The average molecular weight is 576 g/mol. The van der Waals surface area contributed by atoms with Gasteiger partial charge in [0.15, 0.2) is 0 Å². The van der Waals surface area contributed by atoms with Gasteiger partial charge in [0.2, 0.25) is 11.8 Å². The number of hydrogen-bond donors (Lipinski definition) is 2. The highest BCUT2D eigenvalue weighted by Crippen LogP contribution is 2.40. The topological polar surface area (TPSA) is 115 Å². The first-order valence-corrected chi connectivity index (χ1v) is 12.6. The third kappa shape index (κ3) is 6.01. The molecule has 2 aromatic carbocycles. The fraction of sp³-hybridized carbons (Fsp3) is 0.333. The van der Waals surface area contributed by atoms with Gasteiger partial charge in [0.25, 0.3) is 5.91 Å². The number of nitrogens with one attached hydrogen (secondary N) is 2. The monoisotopic (exact) mass is 575 g/mol. The number of esters is 1. The van der Waals surface area contributed by atoms with Gasteiger partial charge in [-0.25, -0.2) is 14.2 Å². The number of amides is 1. The summed E-state index contributed by atoms with van der Waals surface area (Å²) in [5.41, 5.74) is -1.16. The Hall–Kier alpha value is -4.46. The van der Waals surface area contributed by atoms with E-state index in [1.54, 1.807) is 6.07 Å². The molecule has 1 fully saturated rings. The van der Waals surface area contributed by atoms with Gasteiger partial charge < -0.3 is 29.7 Å². The highest BCUT2D eigenvalue weighted by Gasteiger charge is 2.37. The van der Waals surface area contributed by atoms with Crippen molar-refractivity contribution in [1.29, 1.82) is 0 Å². The van der Waals surface area contributed by atoms with Gasteiger partial charge in [-0.05, 0) is 45.1 Å². The maximum absolute atomic E-state index is 15.1. The van der Waals surface area contributed by atoms with E-state index in [1.165, 1.54) is 25.3 Å². The van der Waals surface area contributed by atoms with Crippen molar-refractivity contribution in [3.8, 4) is 17.4 Å². The summed E-state index contributed by atoms with van der Waals surface area (Å²) in [6.07, 6.45) is -2.94. The number of carbonyl (C=O) groups excluding carboxylic acids is 2. The lowest BCUT2D eigenvalue weighted by molar-refractivity contribution is -0.139. The number of cyclic esters (lactones) is 1. The summed E-state index contributed by atoms with van der Waals surface area (Å²) in [5, 5.41) is 5.45. The van der Waals surface area contributed by atoms with Crippen LogP contribution < -0.4 is 20.1 Å². The van der Waals surface area contributed by atoms with Gasteiger partial charge in [-0.3, -0.25) is 4.79 Å². The zero-order chi connectivity index (χ0) is 29.3. The molecule has 2 aliphatic rings.